The molecule has 2 aromatic rings. The Bertz CT molecular complexity index is 980. The predicted octanol–water partition coefficient (Wildman–Crippen LogP) is 3.70. The van der Waals surface area contributed by atoms with Crippen LogP contribution in [0.2, 0.25) is 0 Å². The lowest BCUT2D eigenvalue weighted by atomic mass is 10.1. The first-order valence-electron chi connectivity index (χ1n) is 9.01. The topological polar surface area (TPSA) is 83.3 Å². The minimum Gasteiger partial charge on any atom is -0.494 e. The summed E-state index contributed by atoms with van der Waals surface area (Å²) in [7, 11) is 0. The molecule has 0 N–H and O–H groups in total. The number of hydrogen-bond donors (Lipinski definition) is 0. The zero-order valence-electron chi connectivity index (χ0n) is 16.3. The maximum atomic E-state index is 12.9. The van der Waals surface area contributed by atoms with Gasteiger partial charge < -0.3 is 4.74 Å². The summed E-state index contributed by atoms with van der Waals surface area (Å²) < 4.78 is 5.40. The smallest absolute Gasteiger partial charge is 0.247 e. The van der Waals surface area contributed by atoms with Crippen LogP contribution in [-0.4, -0.2) is 28.7 Å². The van der Waals surface area contributed by atoms with Gasteiger partial charge in [-0.25, -0.2) is 9.88 Å². The second-order valence-electron chi connectivity index (χ2n) is 6.54. The molecule has 0 radical (unpaired) electrons. The zero-order chi connectivity index (χ0) is 20.4. The summed E-state index contributed by atoms with van der Waals surface area (Å²) in [5.74, 6) is 0.135. The molecule has 1 saturated heterocycles. The van der Waals surface area contributed by atoms with Crippen LogP contribution in [0.3, 0.4) is 0 Å². The lowest BCUT2D eigenvalue weighted by Crippen LogP contribution is -2.31. The highest BCUT2D eigenvalue weighted by Crippen LogP contribution is 2.36. The van der Waals surface area contributed by atoms with Crippen LogP contribution >= 0.6 is 11.8 Å². The van der Waals surface area contributed by atoms with E-state index in [1.165, 1.54) is 16.7 Å². The Kier molecular flexibility index (Phi) is 5.71. The van der Waals surface area contributed by atoms with Gasteiger partial charge in [-0.15, -0.1) is 0 Å². The molecule has 2 amide bonds. The number of aromatic nitrogens is 1. The van der Waals surface area contributed by atoms with E-state index in [1.54, 1.807) is 24.3 Å². The Morgan fingerprint density at radius 1 is 1.21 bits per heavy atom. The summed E-state index contributed by atoms with van der Waals surface area (Å²) in [5, 5.41) is 9.43. The number of hydrogen-bond acceptors (Lipinski definition) is 6. The predicted molar refractivity (Wildman–Crippen MR) is 108 cm³/mol. The maximum absolute atomic E-state index is 12.9. The van der Waals surface area contributed by atoms with Gasteiger partial charge in [0, 0.05) is 12.1 Å². The molecule has 1 fully saturated rings. The van der Waals surface area contributed by atoms with Crippen molar-refractivity contribution in [2.75, 3.05) is 11.5 Å². The van der Waals surface area contributed by atoms with Gasteiger partial charge in [-0.05, 0) is 63.1 Å². The number of carbonyl (C=O) groups is 2. The number of pyridine rings is 1. The van der Waals surface area contributed by atoms with Crippen LogP contribution < -0.4 is 9.64 Å². The van der Waals surface area contributed by atoms with Crippen molar-refractivity contribution in [2.24, 2.45) is 0 Å². The third-order valence-electron chi connectivity index (χ3n) is 4.84. The van der Waals surface area contributed by atoms with Crippen LogP contribution in [0, 0.1) is 32.1 Å². The van der Waals surface area contributed by atoms with E-state index < -0.39 is 5.25 Å². The van der Waals surface area contributed by atoms with Crippen molar-refractivity contribution in [3.05, 3.63) is 46.6 Å². The summed E-state index contributed by atoms with van der Waals surface area (Å²) in [5.41, 5.74) is 3.63. The molecule has 1 atom stereocenters. The lowest BCUT2D eigenvalue weighted by molar-refractivity contribution is -0.121. The average Bonchev–Trinajstić information content (AvgIpc) is 2.94. The minimum atomic E-state index is -0.597. The highest BCUT2D eigenvalue weighted by atomic mass is 32.2. The number of aryl methyl sites for hydroxylation is 1. The fourth-order valence-electron chi connectivity index (χ4n) is 3.09. The van der Waals surface area contributed by atoms with E-state index in [-0.39, 0.29) is 18.2 Å². The normalized spacial score (nSPS) is 16.4. The number of anilines is 1. The van der Waals surface area contributed by atoms with Crippen molar-refractivity contribution in [1.82, 2.24) is 4.98 Å². The number of imide groups is 1. The molecule has 0 unspecified atom stereocenters. The molecular weight excluding hydrogens is 374 g/mol. The largest absolute Gasteiger partial charge is 0.494 e. The van der Waals surface area contributed by atoms with Crippen molar-refractivity contribution < 1.29 is 14.3 Å². The quantitative estimate of drug-likeness (QED) is 0.718. The molecule has 1 aromatic heterocycles. The van der Waals surface area contributed by atoms with Crippen LogP contribution in [0.25, 0.3) is 0 Å². The summed E-state index contributed by atoms with van der Waals surface area (Å²) in [6.45, 7) is 8.11. The fourth-order valence-corrected chi connectivity index (χ4v) is 4.30. The van der Waals surface area contributed by atoms with Gasteiger partial charge in [0.25, 0.3) is 0 Å². The summed E-state index contributed by atoms with van der Waals surface area (Å²) >= 11 is 1.19. The van der Waals surface area contributed by atoms with Gasteiger partial charge in [0.05, 0.1) is 23.1 Å². The molecule has 6 nitrogen and oxygen atoms in total. The van der Waals surface area contributed by atoms with E-state index in [0.29, 0.717) is 28.6 Å². The van der Waals surface area contributed by atoms with Crippen LogP contribution in [0.15, 0.2) is 29.3 Å². The van der Waals surface area contributed by atoms with Gasteiger partial charge in [0.2, 0.25) is 11.8 Å². The molecule has 0 spiro atoms. The molecule has 1 aliphatic heterocycles. The summed E-state index contributed by atoms with van der Waals surface area (Å²) in [6.07, 6.45) is 0.0786. The maximum Gasteiger partial charge on any atom is 0.247 e. The second-order valence-corrected chi connectivity index (χ2v) is 7.74. The fraction of sp³-hybridized carbons (Fsp3) is 0.333. The molecule has 0 saturated carbocycles. The highest BCUT2D eigenvalue weighted by molar-refractivity contribution is 8.00. The van der Waals surface area contributed by atoms with Crippen molar-refractivity contribution in [3.8, 4) is 11.8 Å². The lowest BCUT2D eigenvalue weighted by Gasteiger charge is -2.16. The number of benzene rings is 1. The Morgan fingerprint density at radius 2 is 1.89 bits per heavy atom. The monoisotopic (exact) mass is 395 g/mol. The van der Waals surface area contributed by atoms with E-state index in [1.807, 2.05) is 27.7 Å². The van der Waals surface area contributed by atoms with Crippen molar-refractivity contribution in [3.63, 3.8) is 0 Å². The van der Waals surface area contributed by atoms with E-state index in [4.69, 9.17) is 4.74 Å². The molecule has 3 rings (SSSR count). The van der Waals surface area contributed by atoms with E-state index in [9.17, 15) is 14.9 Å². The van der Waals surface area contributed by atoms with Gasteiger partial charge in [0.1, 0.15) is 16.8 Å². The van der Waals surface area contributed by atoms with Gasteiger partial charge in [-0.1, -0.05) is 11.8 Å². The number of amides is 2. The second kappa shape index (κ2) is 8.03. The molecule has 28 heavy (non-hydrogen) atoms. The molecule has 144 valence electrons. The van der Waals surface area contributed by atoms with E-state index >= 15 is 0 Å². The molecule has 0 bridgehead atoms. The third kappa shape index (κ3) is 3.60. The first-order chi connectivity index (χ1) is 13.4. The molecule has 1 aliphatic rings. The van der Waals surface area contributed by atoms with Crippen LogP contribution in [0.5, 0.6) is 5.75 Å². The first kappa shape index (κ1) is 19.9. The average molecular weight is 395 g/mol. The summed E-state index contributed by atoms with van der Waals surface area (Å²) in [6, 6.07) is 9.06. The van der Waals surface area contributed by atoms with Crippen molar-refractivity contribution in [2.45, 2.75) is 44.4 Å². The minimum absolute atomic E-state index is 0.0786. The SMILES string of the molecule is CCOc1ccc(N2C(=O)C[C@H](Sc3nc(C)c(C)c(C)c3C#N)C2=O)cc1. The van der Waals surface area contributed by atoms with Crippen LogP contribution in [0.1, 0.15) is 35.7 Å². The van der Waals surface area contributed by atoms with Gasteiger partial charge in [0.15, 0.2) is 0 Å². The zero-order valence-corrected chi connectivity index (χ0v) is 17.1. The van der Waals surface area contributed by atoms with Gasteiger partial charge >= 0.3 is 0 Å². The molecular formula is C21H21N3O3S. The Hall–Kier alpha value is -2.85. The van der Waals surface area contributed by atoms with Crippen LogP contribution in [0.4, 0.5) is 5.69 Å². The summed E-state index contributed by atoms with van der Waals surface area (Å²) in [4.78, 5) is 31.1. The number of ether oxygens (including phenoxy) is 1. The van der Waals surface area contributed by atoms with Crippen LogP contribution in [-0.2, 0) is 9.59 Å². The first-order valence-corrected chi connectivity index (χ1v) is 9.89. The molecule has 7 heteroatoms. The van der Waals surface area contributed by atoms with Gasteiger partial charge in [-0.3, -0.25) is 9.59 Å². The number of nitrogens with zero attached hydrogens (tertiary/aromatic N) is 3. The number of rotatable bonds is 5. The van der Waals surface area contributed by atoms with Gasteiger partial charge in [-0.2, -0.15) is 5.26 Å². The van der Waals surface area contributed by atoms with Crippen molar-refractivity contribution in [1.29, 1.82) is 5.26 Å². The van der Waals surface area contributed by atoms with Crippen molar-refractivity contribution >= 4 is 29.3 Å². The Morgan fingerprint density at radius 3 is 2.50 bits per heavy atom. The number of carbonyl (C=O) groups excluding carboxylic acids is 2. The van der Waals surface area contributed by atoms with E-state index in [2.05, 4.69) is 11.1 Å². The molecule has 1 aromatic carbocycles. The van der Waals surface area contributed by atoms with E-state index in [0.717, 1.165) is 16.8 Å². The number of thioether (sulfide) groups is 1. The highest BCUT2D eigenvalue weighted by Gasteiger charge is 2.41. The standard InChI is InChI=1S/C21H21N3O3S/c1-5-27-16-8-6-15(7-9-16)24-19(25)10-18(21(24)26)28-20-17(11-22)13(3)12(2)14(4)23-20/h6-9,18H,5,10H2,1-4H3/t18-/m0/s1. The molecule has 2 heterocycles. The third-order valence-corrected chi connectivity index (χ3v) is 6.01. The Balaban J connectivity index is 1.86. The number of nitriles is 1. The molecule has 0 aliphatic carbocycles. The Labute approximate surface area is 168 Å².